The standard InChI is InChI=1S/C16H24N2O/c1-16(2,3)15-8-7-13(19)10-14(15)11-5-4-6-12(9-11)18-17/h4-6,9,14-15,18H,7-8,10,17H2,1-3H3. The number of benzene rings is 1. The average Bonchev–Trinajstić information content (AvgIpc) is 2.37. The second-order valence-electron chi connectivity index (χ2n) is 6.63. The third-order valence-electron chi connectivity index (χ3n) is 4.26. The van der Waals surface area contributed by atoms with Gasteiger partial charge in [-0.15, -0.1) is 0 Å². The highest BCUT2D eigenvalue weighted by Gasteiger charge is 2.37. The van der Waals surface area contributed by atoms with Crippen molar-refractivity contribution in [1.29, 1.82) is 0 Å². The minimum absolute atomic E-state index is 0.220. The number of hydrogen-bond acceptors (Lipinski definition) is 3. The molecule has 1 fully saturated rings. The summed E-state index contributed by atoms with van der Waals surface area (Å²) in [5, 5.41) is 0. The molecule has 104 valence electrons. The number of carbonyl (C=O) groups excluding carboxylic acids is 1. The van der Waals surface area contributed by atoms with Gasteiger partial charge in [0.1, 0.15) is 5.78 Å². The first-order valence-corrected chi connectivity index (χ1v) is 7.00. The van der Waals surface area contributed by atoms with E-state index in [0.29, 0.717) is 24.0 Å². The number of Topliss-reactive ketones (excluding diaryl/α,β-unsaturated/α-hetero) is 1. The van der Waals surface area contributed by atoms with E-state index >= 15 is 0 Å². The lowest BCUT2D eigenvalue weighted by Gasteiger charge is -2.40. The van der Waals surface area contributed by atoms with E-state index in [9.17, 15) is 4.79 Å². The first-order chi connectivity index (χ1) is 8.91. The molecule has 0 heterocycles. The van der Waals surface area contributed by atoms with Crippen molar-refractivity contribution in [3.8, 4) is 0 Å². The van der Waals surface area contributed by atoms with Crippen LogP contribution in [0.3, 0.4) is 0 Å². The Labute approximate surface area is 115 Å². The smallest absolute Gasteiger partial charge is 0.133 e. The van der Waals surface area contributed by atoms with E-state index in [-0.39, 0.29) is 5.41 Å². The summed E-state index contributed by atoms with van der Waals surface area (Å²) >= 11 is 0. The normalized spacial score (nSPS) is 24.3. The van der Waals surface area contributed by atoms with Crippen molar-refractivity contribution in [3.05, 3.63) is 29.8 Å². The lowest BCUT2D eigenvalue weighted by Crippen LogP contribution is -2.32. The number of rotatable bonds is 2. The van der Waals surface area contributed by atoms with Gasteiger partial charge in [-0.1, -0.05) is 32.9 Å². The van der Waals surface area contributed by atoms with Crippen LogP contribution < -0.4 is 11.3 Å². The van der Waals surface area contributed by atoms with Crippen molar-refractivity contribution >= 4 is 11.5 Å². The number of hydrazine groups is 1. The molecule has 1 aromatic carbocycles. The molecule has 2 unspecified atom stereocenters. The van der Waals surface area contributed by atoms with Crippen LogP contribution in [-0.4, -0.2) is 5.78 Å². The van der Waals surface area contributed by atoms with Gasteiger partial charge in [0.25, 0.3) is 0 Å². The predicted octanol–water partition coefficient (Wildman–Crippen LogP) is 3.47. The third kappa shape index (κ3) is 3.16. The van der Waals surface area contributed by atoms with Crippen LogP contribution in [-0.2, 0) is 4.79 Å². The summed E-state index contributed by atoms with van der Waals surface area (Å²) in [5.41, 5.74) is 5.04. The quantitative estimate of drug-likeness (QED) is 0.632. The molecule has 3 nitrogen and oxygen atoms in total. The lowest BCUT2D eigenvalue weighted by molar-refractivity contribution is -0.122. The molecule has 3 heteroatoms. The van der Waals surface area contributed by atoms with Crippen molar-refractivity contribution in [1.82, 2.24) is 0 Å². The van der Waals surface area contributed by atoms with Crippen LogP contribution in [0.1, 0.15) is 51.5 Å². The number of nitrogen functional groups attached to an aromatic ring is 1. The fourth-order valence-corrected chi connectivity index (χ4v) is 3.25. The van der Waals surface area contributed by atoms with Crippen LogP contribution in [0.5, 0.6) is 0 Å². The van der Waals surface area contributed by atoms with E-state index in [4.69, 9.17) is 5.84 Å². The number of nitrogens with two attached hydrogens (primary N) is 1. The number of ketones is 1. The summed E-state index contributed by atoms with van der Waals surface area (Å²) in [7, 11) is 0. The topological polar surface area (TPSA) is 55.1 Å². The van der Waals surface area contributed by atoms with Gasteiger partial charge in [0.15, 0.2) is 0 Å². The molecule has 2 atom stereocenters. The maximum absolute atomic E-state index is 11.8. The number of hydrogen-bond donors (Lipinski definition) is 2. The molecule has 2 rings (SSSR count). The van der Waals surface area contributed by atoms with Gasteiger partial charge in [-0.25, -0.2) is 0 Å². The predicted molar refractivity (Wildman–Crippen MR) is 78.8 cm³/mol. The van der Waals surface area contributed by atoms with Gasteiger partial charge in [-0.2, -0.15) is 0 Å². The summed E-state index contributed by atoms with van der Waals surface area (Å²) in [6.07, 6.45) is 2.39. The maximum Gasteiger partial charge on any atom is 0.133 e. The second kappa shape index (κ2) is 5.33. The van der Waals surface area contributed by atoms with Gasteiger partial charge in [0.2, 0.25) is 0 Å². The molecule has 0 amide bonds. The average molecular weight is 260 g/mol. The number of anilines is 1. The van der Waals surface area contributed by atoms with Crippen LogP contribution in [0.25, 0.3) is 0 Å². The second-order valence-corrected chi connectivity index (χ2v) is 6.63. The van der Waals surface area contributed by atoms with Gasteiger partial charge in [0, 0.05) is 18.5 Å². The van der Waals surface area contributed by atoms with Crippen molar-refractivity contribution in [2.45, 2.75) is 46.0 Å². The summed E-state index contributed by atoms with van der Waals surface area (Å²) in [5.74, 6) is 6.72. The van der Waals surface area contributed by atoms with Crippen molar-refractivity contribution in [2.75, 3.05) is 5.43 Å². The first kappa shape index (κ1) is 14.1. The molecule has 0 bridgehead atoms. The number of nitrogens with one attached hydrogen (secondary N) is 1. The highest BCUT2D eigenvalue weighted by Crippen LogP contribution is 2.46. The molecule has 3 N–H and O–H groups in total. The van der Waals surface area contributed by atoms with Crippen LogP contribution in [0.4, 0.5) is 5.69 Å². The molecule has 1 aromatic rings. The molecule has 19 heavy (non-hydrogen) atoms. The Hall–Kier alpha value is -1.35. The van der Waals surface area contributed by atoms with E-state index in [2.05, 4.69) is 38.3 Å². The van der Waals surface area contributed by atoms with Crippen LogP contribution >= 0.6 is 0 Å². The minimum atomic E-state index is 0.220. The van der Waals surface area contributed by atoms with Crippen LogP contribution in [0.15, 0.2) is 24.3 Å². The highest BCUT2D eigenvalue weighted by molar-refractivity contribution is 5.80. The fraction of sp³-hybridized carbons (Fsp3) is 0.562. The zero-order chi connectivity index (χ0) is 14.0. The zero-order valence-electron chi connectivity index (χ0n) is 12.1. The number of carbonyl (C=O) groups is 1. The van der Waals surface area contributed by atoms with Gasteiger partial charge in [-0.3, -0.25) is 10.6 Å². The largest absolute Gasteiger partial charge is 0.324 e. The summed E-state index contributed by atoms with van der Waals surface area (Å²) < 4.78 is 0. The van der Waals surface area contributed by atoms with Gasteiger partial charge >= 0.3 is 0 Å². The summed E-state index contributed by atoms with van der Waals surface area (Å²) in [4.78, 5) is 11.8. The monoisotopic (exact) mass is 260 g/mol. The molecule has 0 aromatic heterocycles. The Morgan fingerprint density at radius 2 is 2.05 bits per heavy atom. The molecule has 1 aliphatic rings. The first-order valence-electron chi connectivity index (χ1n) is 7.00. The SMILES string of the molecule is CC(C)(C)C1CCC(=O)CC1c1cccc(NN)c1. The van der Waals surface area contributed by atoms with E-state index in [1.807, 2.05) is 12.1 Å². The molecular weight excluding hydrogens is 236 g/mol. The van der Waals surface area contributed by atoms with Crippen molar-refractivity contribution in [3.63, 3.8) is 0 Å². The van der Waals surface area contributed by atoms with Crippen molar-refractivity contribution < 1.29 is 4.79 Å². The van der Waals surface area contributed by atoms with E-state index in [1.165, 1.54) is 5.56 Å². The fourth-order valence-electron chi connectivity index (χ4n) is 3.25. The van der Waals surface area contributed by atoms with Gasteiger partial charge < -0.3 is 5.43 Å². The maximum atomic E-state index is 11.8. The Kier molecular flexibility index (Phi) is 3.95. The zero-order valence-corrected chi connectivity index (χ0v) is 12.1. The highest BCUT2D eigenvalue weighted by atomic mass is 16.1. The Morgan fingerprint density at radius 1 is 1.32 bits per heavy atom. The van der Waals surface area contributed by atoms with Gasteiger partial charge in [0.05, 0.1) is 0 Å². The molecule has 0 saturated heterocycles. The van der Waals surface area contributed by atoms with Crippen LogP contribution in [0.2, 0.25) is 0 Å². The summed E-state index contributed by atoms with van der Waals surface area (Å²) in [6, 6.07) is 8.13. The minimum Gasteiger partial charge on any atom is -0.324 e. The Balaban J connectivity index is 2.33. The molecule has 0 radical (unpaired) electrons. The van der Waals surface area contributed by atoms with E-state index < -0.39 is 0 Å². The van der Waals surface area contributed by atoms with Crippen LogP contribution in [0, 0.1) is 11.3 Å². The van der Waals surface area contributed by atoms with Crippen molar-refractivity contribution in [2.24, 2.45) is 17.2 Å². The molecule has 1 saturated carbocycles. The van der Waals surface area contributed by atoms with Gasteiger partial charge in [-0.05, 0) is 41.4 Å². The summed E-state index contributed by atoms with van der Waals surface area (Å²) in [6.45, 7) is 6.81. The Morgan fingerprint density at radius 3 is 2.68 bits per heavy atom. The molecular formula is C16H24N2O. The molecule has 0 spiro atoms. The molecule has 1 aliphatic carbocycles. The van der Waals surface area contributed by atoms with E-state index in [1.54, 1.807) is 0 Å². The lowest BCUT2D eigenvalue weighted by atomic mass is 9.64. The molecule has 0 aliphatic heterocycles. The van der Waals surface area contributed by atoms with E-state index in [0.717, 1.165) is 18.5 Å². The third-order valence-corrected chi connectivity index (χ3v) is 4.26. The Bertz CT molecular complexity index is 462.